The molecule has 0 unspecified atom stereocenters. The largest absolute Gasteiger partial charge is 0.432 e. The third-order valence-corrected chi connectivity index (χ3v) is 3.64. The number of alkyl halides is 3. The van der Waals surface area contributed by atoms with Crippen molar-refractivity contribution in [2.45, 2.75) is 58.7 Å². The molecule has 1 heterocycles. The van der Waals surface area contributed by atoms with Crippen LogP contribution in [0.3, 0.4) is 0 Å². The molecule has 0 spiro atoms. The molecule has 26 heavy (non-hydrogen) atoms. The maximum atomic E-state index is 12.6. The van der Waals surface area contributed by atoms with Crippen LogP contribution in [0.4, 0.5) is 19.0 Å². The predicted octanol–water partition coefficient (Wildman–Crippen LogP) is 2.91. The van der Waals surface area contributed by atoms with Gasteiger partial charge in [-0.3, -0.25) is 15.2 Å². The minimum Gasteiger partial charge on any atom is -0.389 e. The minimum atomic E-state index is -4.56. The zero-order chi connectivity index (χ0) is 20.0. The van der Waals surface area contributed by atoms with Crippen molar-refractivity contribution in [3.8, 4) is 0 Å². The van der Waals surface area contributed by atoms with Crippen LogP contribution in [0.25, 0.3) is 0 Å². The maximum absolute atomic E-state index is 12.6. The van der Waals surface area contributed by atoms with Gasteiger partial charge in [0, 0.05) is 12.5 Å². The van der Waals surface area contributed by atoms with Gasteiger partial charge in [0.15, 0.2) is 5.82 Å². The standard InChI is InChI=1S/C16H26F3N5O2/c1-5-10(6-2)7-13(25)22-14(20-9-15(3,4)26)21-12-8-11(23-24-12)16(17,18)19/h8,10,26H,5-7,9H2,1-4H3,(H3,20,21,22,23,24,25). The average molecular weight is 377 g/mol. The van der Waals surface area contributed by atoms with E-state index in [0.29, 0.717) is 0 Å². The fourth-order valence-corrected chi connectivity index (χ4v) is 2.06. The molecule has 1 amide bonds. The first-order valence-electron chi connectivity index (χ1n) is 8.41. The fraction of sp³-hybridized carbons (Fsp3) is 0.688. The van der Waals surface area contributed by atoms with E-state index in [9.17, 15) is 23.1 Å². The van der Waals surface area contributed by atoms with Crippen molar-refractivity contribution >= 4 is 17.7 Å². The van der Waals surface area contributed by atoms with Crippen molar-refractivity contribution in [1.29, 1.82) is 0 Å². The fourth-order valence-electron chi connectivity index (χ4n) is 2.06. The van der Waals surface area contributed by atoms with Crippen LogP contribution in [-0.2, 0) is 11.0 Å². The summed E-state index contributed by atoms with van der Waals surface area (Å²) in [6, 6.07) is 0.770. The van der Waals surface area contributed by atoms with Gasteiger partial charge in [-0.25, -0.2) is 4.99 Å². The van der Waals surface area contributed by atoms with Crippen LogP contribution in [-0.4, -0.2) is 39.3 Å². The van der Waals surface area contributed by atoms with Crippen molar-refractivity contribution < 1.29 is 23.1 Å². The Balaban J connectivity index is 2.88. The van der Waals surface area contributed by atoms with E-state index in [1.807, 2.05) is 18.9 Å². The molecular weight excluding hydrogens is 351 g/mol. The third kappa shape index (κ3) is 7.85. The molecule has 7 nitrogen and oxygen atoms in total. The van der Waals surface area contributed by atoms with Crippen LogP contribution in [0.1, 0.15) is 52.7 Å². The lowest BCUT2D eigenvalue weighted by Gasteiger charge is -2.17. The van der Waals surface area contributed by atoms with Crippen molar-refractivity contribution in [3.63, 3.8) is 0 Å². The molecule has 0 aromatic carbocycles. The third-order valence-electron chi connectivity index (χ3n) is 3.64. The van der Waals surface area contributed by atoms with Gasteiger partial charge in [-0.2, -0.15) is 18.3 Å². The van der Waals surface area contributed by atoms with E-state index in [1.165, 1.54) is 13.8 Å². The molecule has 10 heteroatoms. The van der Waals surface area contributed by atoms with Crippen LogP contribution in [0.5, 0.6) is 0 Å². The van der Waals surface area contributed by atoms with Gasteiger partial charge in [0.05, 0.1) is 12.1 Å². The van der Waals surface area contributed by atoms with Crippen molar-refractivity contribution in [2.24, 2.45) is 10.9 Å². The molecule has 4 N–H and O–H groups in total. The second kappa shape index (κ2) is 9.02. The van der Waals surface area contributed by atoms with E-state index in [4.69, 9.17) is 0 Å². The number of aliphatic imine (C=N–C) groups is 1. The van der Waals surface area contributed by atoms with Crippen molar-refractivity contribution in [1.82, 2.24) is 15.5 Å². The van der Waals surface area contributed by atoms with Gasteiger partial charge in [0.25, 0.3) is 0 Å². The quantitative estimate of drug-likeness (QED) is 0.433. The Morgan fingerprint density at radius 1 is 1.35 bits per heavy atom. The Bertz CT molecular complexity index is 616. The summed E-state index contributed by atoms with van der Waals surface area (Å²) in [6.07, 6.45) is -2.62. The Hall–Kier alpha value is -2.10. The number of nitrogens with zero attached hydrogens (tertiary/aromatic N) is 2. The minimum absolute atomic E-state index is 0.0584. The van der Waals surface area contributed by atoms with E-state index in [0.717, 1.165) is 18.9 Å². The van der Waals surface area contributed by atoms with Gasteiger partial charge >= 0.3 is 6.18 Å². The Kier molecular flexibility index (Phi) is 7.61. The van der Waals surface area contributed by atoms with Crippen LogP contribution < -0.4 is 10.6 Å². The van der Waals surface area contributed by atoms with E-state index in [1.54, 1.807) is 0 Å². The lowest BCUT2D eigenvalue weighted by Crippen LogP contribution is -2.38. The van der Waals surface area contributed by atoms with E-state index >= 15 is 0 Å². The molecule has 1 rings (SSSR count). The van der Waals surface area contributed by atoms with Gasteiger partial charge in [0.2, 0.25) is 11.9 Å². The summed E-state index contributed by atoms with van der Waals surface area (Å²) in [6.45, 7) is 6.95. The summed E-state index contributed by atoms with van der Waals surface area (Å²) in [4.78, 5) is 16.2. The molecule has 0 saturated carbocycles. The van der Waals surface area contributed by atoms with Crippen LogP contribution in [0.15, 0.2) is 11.1 Å². The number of amides is 1. The number of rotatable bonds is 7. The molecular formula is C16H26F3N5O2. The number of guanidine groups is 1. The van der Waals surface area contributed by atoms with Gasteiger partial charge < -0.3 is 10.4 Å². The molecule has 0 aliphatic rings. The average Bonchev–Trinajstić information content (AvgIpc) is 2.98. The number of halogens is 3. The summed E-state index contributed by atoms with van der Waals surface area (Å²) in [7, 11) is 0. The second-order valence-electron chi connectivity index (χ2n) is 6.70. The number of hydrogen-bond donors (Lipinski definition) is 4. The monoisotopic (exact) mass is 377 g/mol. The molecule has 0 atom stereocenters. The Morgan fingerprint density at radius 3 is 2.42 bits per heavy atom. The normalized spacial score (nSPS) is 13.2. The Labute approximate surface area is 150 Å². The molecule has 0 fully saturated rings. The molecule has 148 valence electrons. The summed E-state index contributed by atoms with van der Waals surface area (Å²) in [5.74, 6) is -0.321. The molecule has 0 radical (unpaired) electrons. The van der Waals surface area contributed by atoms with Crippen molar-refractivity contribution in [2.75, 3.05) is 11.9 Å². The molecule has 0 saturated heterocycles. The topological polar surface area (TPSA) is 102 Å². The van der Waals surface area contributed by atoms with Gasteiger partial charge in [0.1, 0.15) is 5.69 Å². The zero-order valence-corrected chi connectivity index (χ0v) is 15.4. The number of anilines is 1. The number of aromatic amines is 1. The molecule has 0 aliphatic heterocycles. The first-order chi connectivity index (χ1) is 11.9. The number of carbonyl (C=O) groups excluding carboxylic acids is 1. The molecule has 0 bridgehead atoms. The Morgan fingerprint density at radius 2 is 1.96 bits per heavy atom. The van der Waals surface area contributed by atoms with Gasteiger partial charge in [-0.15, -0.1) is 0 Å². The van der Waals surface area contributed by atoms with Crippen molar-refractivity contribution in [3.05, 3.63) is 11.8 Å². The smallest absolute Gasteiger partial charge is 0.389 e. The number of carbonyl (C=O) groups is 1. The highest BCUT2D eigenvalue weighted by Gasteiger charge is 2.33. The SMILES string of the molecule is CCC(CC)CC(=O)NC(=NCC(C)(C)O)Nc1cc(C(F)(F)F)[nH]n1. The highest BCUT2D eigenvalue weighted by atomic mass is 19.4. The summed E-state index contributed by atoms with van der Waals surface area (Å²) < 4.78 is 37.9. The van der Waals surface area contributed by atoms with E-state index < -0.39 is 17.5 Å². The lowest BCUT2D eigenvalue weighted by molar-refractivity contribution is -0.141. The second-order valence-corrected chi connectivity index (χ2v) is 6.70. The first-order valence-corrected chi connectivity index (χ1v) is 8.41. The number of aromatic nitrogens is 2. The number of hydrogen-bond acceptors (Lipinski definition) is 4. The highest BCUT2D eigenvalue weighted by molar-refractivity contribution is 6.03. The highest BCUT2D eigenvalue weighted by Crippen LogP contribution is 2.28. The first kappa shape index (κ1) is 21.9. The number of nitrogens with one attached hydrogen (secondary N) is 3. The van der Waals surface area contributed by atoms with E-state index in [-0.39, 0.29) is 36.6 Å². The maximum Gasteiger partial charge on any atom is 0.432 e. The lowest BCUT2D eigenvalue weighted by atomic mass is 9.99. The van der Waals surface area contributed by atoms with Gasteiger partial charge in [-0.05, 0) is 19.8 Å². The van der Waals surface area contributed by atoms with E-state index in [2.05, 4.69) is 20.7 Å². The molecule has 0 aliphatic carbocycles. The van der Waals surface area contributed by atoms with Crippen LogP contribution in [0.2, 0.25) is 0 Å². The van der Waals surface area contributed by atoms with Crippen LogP contribution >= 0.6 is 0 Å². The molecule has 1 aromatic rings. The predicted molar refractivity (Wildman–Crippen MR) is 92.6 cm³/mol. The zero-order valence-electron chi connectivity index (χ0n) is 15.4. The number of aliphatic hydroxyl groups is 1. The summed E-state index contributed by atoms with van der Waals surface area (Å²) >= 11 is 0. The summed E-state index contributed by atoms with van der Waals surface area (Å²) in [5.41, 5.74) is -2.17. The number of H-pyrrole nitrogens is 1. The molecule has 1 aromatic heterocycles. The van der Waals surface area contributed by atoms with Crippen LogP contribution in [0, 0.1) is 5.92 Å². The summed E-state index contributed by atoms with van der Waals surface area (Å²) in [5, 5.41) is 20.3. The van der Waals surface area contributed by atoms with Gasteiger partial charge in [-0.1, -0.05) is 26.7 Å².